The maximum absolute atomic E-state index is 11.8. The van der Waals surface area contributed by atoms with Crippen LogP contribution in [-0.4, -0.2) is 36.7 Å². The highest BCUT2D eigenvalue weighted by Crippen LogP contribution is 2.21. The van der Waals surface area contributed by atoms with E-state index in [-0.39, 0.29) is 19.0 Å². The van der Waals surface area contributed by atoms with Gasteiger partial charge in [-0.1, -0.05) is 405 Å². The summed E-state index contributed by atoms with van der Waals surface area (Å²) in [6, 6.07) is 0. The van der Waals surface area contributed by atoms with Gasteiger partial charge in [-0.3, -0.25) is 4.79 Å². The van der Waals surface area contributed by atoms with Gasteiger partial charge in [0.2, 0.25) is 0 Å². The smallest absolute Gasteiger partial charge is 0.407 e. The lowest BCUT2D eigenvalue weighted by Gasteiger charge is -2.23. The van der Waals surface area contributed by atoms with Crippen LogP contribution in [0, 0.1) is 5.41 Å². The molecule has 0 aromatic rings. The Morgan fingerprint density at radius 3 is 0.597 bits per heavy atom. The van der Waals surface area contributed by atoms with Crippen molar-refractivity contribution in [3.05, 3.63) is 0 Å². The second-order valence-electron chi connectivity index (χ2n) is 25.7. The quantitative estimate of drug-likeness (QED) is 0.0595. The fourth-order valence-corrected chi connectivity index (χ4v) is 11.7. The molecule has 5 heteroatoms. The van der Waals surface area contributed by atoms with Gasteiger partial charge in [-0.25, -0.2) is 4.79 Å². The number of carbonyl (C=O) groups excluding carboxylic acids is 2. The molecule has 0 spiro atoms. The SMILES string of the molecule is CCCCCCCCCCCCCCCCCCCCCCCCCCCCCCCCCCCCCCCCCCCCCCCCCCCCCCCCCCCCCCCCCNC(=O)OCC(C)(CO)C(C)=O. The zero-order valence-corrected chi connectivity index (χ0v) is 53.3. The van der Waals surface area contributed by atoms with Gasteiger partial charge in [0.25, 0.3) is 0 Å². The Hall–Kier alpha value is -1.10. The van der Waals surface area contributed by atoms with E-state index in [9.17, 15) is 14.7 Å². The van der Waals surface area contributed by atoms with Crippen molar-refractivity contribution in [1.29, 1.82) is 0 Å². The summed E-state index contributed by atoms with van der Waals surface area (Å²) >= 11 is 0. The van der Waals surface area contributed by atoms with Crippen molar-refractivity contribution < 1.29 is 19.4 Å². The number of Topliss-reactive ketones (excluding diaryl/α,β-unsaturated/α-hetero) is 1. The molecule has 0 aliphatic heterocycles. The van der Waals surface area contributed by atoms with Crippen LogP contribution >= 0.6 is 0 Å². The van der Waals surface area contributed by atoms with Gasteiger partial charge in [0, 0.05) is 6.54 Å². The highest BCUT2D eigenvalue weighted by atomic mass is 16.5. The number of amides is 1. The average molecular weight is 1090 g/mol. The standard InChI is InChI=1S/C72H143NO4/c1-4-5-6-7-8-9-10-11-12-13-14-15-16-17-18-19-20-21-22-23-24-25-26-27-28-29-30-31-32-33-34-35-36-37-38-39-40-41-42-43-44-45-46-47-48-49-50-51-52-53-54-55-56-57-58-59-60-61-62-63-64-65-66-67-73-71(76)77-69-72(3,68-74)70(2)75/h74H,4-69H2,1-3H3,(H,73,76). The summed E-state index contributed by atoms with van der Waals surface area (Å²) < 4.78 is 5.12. The minimum absolute atomic E-state index is 0.0927. The summed E-state index contributed by atoms with van der Waals surface area (Å²) in [6.07, 6.45) is 90.6. The van der Waals surface area contributed by atoms with Gasteiger partial charge >= 0.3 is 6.09 Å². The number of alkyl carbamates (subject to hydrolysis) is 1. The molecule has 1 amide bonds. The molecule has 0 saturated heterocycles. The van der Waals surface area contributed by atoms with Crippen LogP contribution < -0.4 is 5.32 Å². The van der Waals surface area contributed by atoms with Crippen molar-refractivity contribution in [1.82, 2.24) is 5.32 Å². The Morgan fingerprint density at radius 1 is 0.299 bits per heavy atom. The largest absolute Gasteiger partial charge is 0.448 e. The maximum atomic E-state index is 11.8. The Kier molecular flexibility index (Phi) is 64.8. The number of nitrogens with one attached hydrogen (secondary N) is 1. The van der Waals surface area contributed by atoms with Crippen LogP contribution in [0.3, 0.4) is 0 Å². The summed E-state index contributed by atoms with van der Waals surface area (Å²) in [5, 5.41) is 12.1. The summed E-state index contributed by atoms with van der Waals surface area (Å²) in [7, 11) is 0. The fraction of sp³-hybridized carbons (Fsp3) is 0.972. The van der Waals surface area contributed by atoms with E-state index >= 15 is 0 Å². The molecule has 0 heterocycles. The second-order valence-corrected chi connectivity index (χ2v) is 25.7. The van der Waals surface area contributed by atoms with Crippen LogP contribution in [0.2, 0.25) is 0 Å². The van der Waals surface area contributed by atoms with E-state index in [2.05, 4.69) is 12.2 Å². The van der Waals surface area contributed by atoms with E-state index in [1.54, 1.807) is 6.92 Å². The van der Waals surface area contributed by atoms with Gasteiger partial charge in [-0.15, -0.1) is 0 Å². The van der Waals surface area contributed by atoms with Crippen molar-refractivity contribution >= 4 is 11.9 Å². The third-order valence-corrected chi connectivity index (χ3v) is 17.8. The first kappa shape index (κ1) is 75.9. The molecule has 77 heavy (non-hydrogen) atoms. The summed E-state index contributed by atoms with van der Waals surface area (Å²) in [6.45, 7) is 5.51. The van der Waals surface area contributed by atoms with E-state index < -0.39 is 11.5 Å². The molecule has 0 aliphatic carbocycles. The molecule has 0 radical (unpaired) electrons. The van der Waals surface area contributed by atoms with E-state index in [4.69, 9.17) is 4.74 Å². The number of unbranched alkanes of at least 4 members (excludes halogenated alkanes) is 62. The lowest BCUT2D eigenvalue weighted by Crippen LogP contribution is -2.38. The van der Waals surface area contributed by atoms with Gasteiger partial charge in [0.1, 0.15) is 12.4 Å². The first-order valence-corrected chi connectivity index (χ1v) is 36.0. The molecule has 0 fully saturated rings. The van der Waals surface area contributed by atoms with Gasteiger partial charge in [0.05, 0.1) is 12.0 Å². The minimum atomic E-state index is -1.01. The number of hydrogen-bond acceptors (Lipinski definition) is 4. The summed E-state index contributed by atoms with van der Waals surface area (Å²) in [4.78, 5) is 23.4. The molecule has 460 valence electrons. The van der Waals surface area contributed by atoms with Crippen LogP contribution in [0.25, 0.3) is 0 Å². The highest BCUT2D eigenvalue weighted by molar-refractivity contribution is 5.82. The van der Waals surface area contributed by atoms with Crippen LogP contribution in [0.4, 0.5) is 4.79 Å². The number of ether oxygens (including phenoxy) is 1. The van der Waals surface area contributed by atoms with Gasteiger partial charge in [-0.05, 0) is 20.3 Å². The molecule has 0 aliphatic rings. The van der Waals surface area contributed by atoms with Crippen LogP contribution in [0.5, 0.6) is 0 Å². The van der Waals surface area contributed by atoms with E-state index in [0.29, 0.717) is 6.54 Å². The molecule has 0 rings (SSSR count). The zero-order chi connectivity index (χ0) is 55.7. The first-order valence-electron chi connectivity index (χ1n) is 36.0. The Morgan fingerprint density at radius 2 is 0.455 bits per heavy atom. The van der Waals surface area contributed by atoms with Crippen molar-refractivity contribution in [2.75, 3.05) is 19.8 Å². The molecular weight excluding hydrogens is 943 g/mol. The number of rotatable bonds is 68. The summed E-state index contributed by atoms with van der Waals surface area (Å²) in [5.41, 5.74) is -1.01. The van der Waals surface area contributed by atoms with E-state index in [0.717, 1.165) is 12.8 Å². The number of aliphatic hydroxyl groups excluding tert-OH is 1. The molecule has 2 N–H and O–H groups in total. The van der Waals surface area contributed by atoms with E-state index in [1.807, 2.05) is 0 Å². The molecular formula is C72H143NO4. The minimum Gasteiger partial charge on any atom is -0.448 e. The second kappa shape index (κ2) is 65.7. The molecule has 0 saturated carbocycles. The number of aliphatic hydroxyl groups is 1. The molecule has 5 nitrogen and oxygen atoms in total. The van der Waals surface area contributed by atoms with Gasteiger partial charge < -0.3 is 15.2 Å². The van der Waals surface area contributed by atoms with Gasteiger partial charge in [-0.2, -0.15) is 0 Å². The molecule has 0 bridgehead atoms. The predicted molar refractivity (Wildman–Crippen MR) is 342 cm³/mol. The van der Waals surface area contributed by atoms with E-state index in [1.165, 1.54) is 399 Å². The lowest BCUT2D eigenvalue weighted by atomic mass is 9.88. The Bertz CT molecular complexity index is 1130. The normalized spacial score (nSPS) is 12.4. The monoisotopic (exact) mass is 1090 g/mol. The molecule has 1 atom stereocenters. The third kappa shape index (κ3) is 62.4. The topological polar surface area (TPSA) is 75.6 Å². The van der Waals surface area contributed by atoms with Gasteiger partial charge in [0.15, 0.2) is 0 Å². The van der Waals surface area contributed by atoms with Crippen molar-refractivity contribution in [2.24, 2.45) is 5.41 Å². The van der Waals surface area contributed by atoms with Crippen molar-refractivity contribution in [3.63, 3.8) is 0 Å². The predicted octanol–water partition coefficient (Wildman–Crippen LogP) is 24.9. The van der Waals surface area contributed by atoms with Crippen LogP contribution in [-0.2, 0) is 9.53 Å². The Balaban J connectivity index is 3.13. The number of hydrogen-bond donors (Lipinski definition) is 2. The Labute approximate surface area is 484 Å². The molecule has 0 aromatic heterocycles. The lowest BCUT2D eigenvalue weighted by molar-refractivity contribution is -0.130. The number of ketones is 1. The molecule has 0 aromatic carbocycles. The van der Waals surface area contributed by atoms with Crippen molar-refractivity contribution in [2.45, 2.75) is 425 Å². The fourth-order valence-electron chi connectivity index (χ4n) is 11.7. The first-order chi connectivity index (χ1) is 38.0. The summed E-state index contributed by atoms with van der Waals surface area (Å²) in [5.74, 6) is -0.179. The van der Waals surface area contributed by atoms with Crippen LogP contribution in [0.1, 0.15) is 425 Å². The van der Waals surface area contributed by atoms with Crippen molar-refractivity contribution in [3.8, 4) is 0 Å². The zero-order valence-electron chi connectivity index (χ0n) is 53.3. The highest BCUT2D eigenvalue weighted by Gasteiger charge is 2.31. The maximum Gasteiger partial charge on any atom is 0.407 e. The molecule has 1 unspecified atom stereocenters. The van der Waals surface area contributed by atoms with Crippen LogP contribution in [0.15, 0.2) is 0 Å². The third-order valence-electron chi connectivity index (χ3n) is 17.8. The average Bonchev–Trinajstić information content (AvgIpc) is 3.43. The number of carbonyl (C=O) groups is 2.